The lowest BCUT2D eigenvalue weighted by atomic mass is 9.63. The average molecular weight is 579 g/mol. The molecule has 1 aliphatic carbocycles. The highest BCUT2D eigenvalue weighted by Crippen LogP contribution is 2.53. The molecule has 0 saturated heterocycles. The zero-order chi connectivity index (χ0) is 29.9. The van der Waals surface area contributed by atoms with E-state index in [4.69, 9.17) is 15.2 Å². The molecule has 9 heteroatoms. The summed E-state index contributed by atoms with van der Waals surface area (Å²) in [5, 5.41) is 45.5. The molecule has 2 heterocycles. The van der Waals surface area contributed by atoms with Gasteiger partial charge < -0.3 is 41.0 Å². The number of methoxy groups -OCH3 is 1. The van der Waals surface area contributed by atoms with Crippen molar-refractivity contribution in [1.82, 2.24) is 5.32 Å². The number of aromatic hydroxyl groups is 3. The van der Waals surface area contributed by atoms with Crippen LogP contribution in [-0.2, 0) is 24.1 Å². The molecule has 0 amide bonds. The van der Waals surface area contributed by atoms with Gasteiger partial charge in [0.2, 0.25) is 5.75 Å². The summed E-state index contributed by atoms with van der Waals surface area (Å²) >= 11 is 0. The van der Waals surface area contributed by atoms with Crippen molar-refractivity contribution in [2.75, 3.05) is 20.3 Å². The van der Waals surface area contributed by atoms with Crippen LogP contribution in [0.2, 0.25) is 0 Å². The number of aliphatic hydroxyl groups excluding tert-OH is 1. The van der Waals surface area contributed by atoms with Crippen LogP contribution in [0.1, 0.15) is 61.6 Å². The van der Waals surface area contributed by atoms with E-state index in [1.807, 2.05) is 12.1 Å². The molecule has 5 rings (SSSR count). The number of ether oxygens (including phenoxy) is 2. The van der Waals surface area contributed by atoms with E-state index in [2.05, 4.69) is 11.4 Å². The van der Waals surface area contributed by atoms with Gasteiger partial charge in [-0.15, -0.1) is 0 Å². The molecular weight excluding hydrogens is 536 g/mol. The summed E-state index contributed by atoms with van der Waals surface area (Å²) in [5.41, 5.74) is 9.31. The number of allylic oxidation sites excluding steroid dienone is 2. The van der Waals surface area contributed by atoms with Gasteiger partial charge in [-0.05, 0) is 85.9 Å². The Hall–Kier alpha value is -3.85. The fourth-order valence-electron chi connectivity index (χ4n) is 7.17. The minimum absolute atomic E-state index is 0.0431. The Morgan fingerprint density at radius 3 is 2.64 bits per heavy atom. The van der Waals surface area contributed by atoms with E-state index in [0.29, 0.717) is 49.5 Å². The van der Waals surface area contributed by atoms with Gasteiger partial charge in [0.1, 0.15) is 5.78 Å². The lowest BCUT2D eigenvalue weighted by Crippen LogP contribution is -2.44. The highest BCUT2D eigenvalue weighted by molar-refractivity contribution is 5.83. The van der Waals surface area contributed by atoms with Crippen LogP contribution >= 0.6 is 0 Å². The van der Waals surface area contributed by atoms with E-state index in [9.17, 15) is 25.2 Å². The van der Waals surface area contributed by atoms with Crippen molar-refractivity contribution in [1.29, 1.82) is 0 Å². The van der Waals surface area contributed by atoms with Crippen molar-refractivity contribution in [2.45, 2.75) is 70.3 Å². The lowest BCUT2D eigenvalue weighted by Gasteiger charge is -2.42. The number of benzene rings is 2. The third-order valence-corrected chi connectivity index (χ3v) is 9.20. The fourth-order valence-corrected chi connectivity index (χ4v) is 7.17. The van der Waals surface area contributed by atoms with E-state index in [1.54, 1.807) is 12.1 Å². The number of nitrogens with one attached hydrogen (secondary N) is 1. The number of carbonyl (C=O) groups is 1. The second kappa shape index (κ2) is 12.6. The molecule has 42 heavy (non-hydrogen) atoms. The van der Waals surface area contributed by atoms with E-state index >= 15 is 0 Å². The number of aryl methyl sites for hydroxylation is 2. The van der Waals surface area contributed by atoms with Gasteiger partial charge in [0, 0.05) is 23.9 Å². The van der Waals surface area contributed by atoms with Crippen LogP contribution in [0.5, 0.6) is 28.7 Å². The number of nitrogens with two attached hydrogens (primary N) is 1. The summed E-state index contributed by atoms with van der Waals surface area (Å²) in [7, 11) is 1.41. The first-order chi connectivity index (χ1) is 20.2. The molecule has 3 aliphatic rings. The first kappa shape index (κ1) is 29.6. The Morgan fingerprint density at radius 2 is 1.90 bits per heavy atom. The molecule has 1 saturated carbocycles. The van der Waals surface area contributed by atoms with E-state index < -0.39 is 17.4 Å². The SMILES string of the molecule is COc1cc(CCC(=O)[C@H]([C@H](O)CCc2ccc(O)c3c2CCCO3)C2(C3=CCNC(N)=C3)CCCC2)cc(O)c1O. The number of dihydropyridines is 1. The number of hydrogen-bond donors (Lipinski definition) is 6. The van der Waals surface area contributed by atoms with Crippen molar-refractivity contribution in [3.8, 4) is 28.7 Å². The van der Waals surface area contributed by atoms with Gasteiger partial charge in [0.15, 0.2) is 23.0 Å². The maximum absolute atomic E-state index is 14.2. The number of ketones is 1. The van der Waals surface area contributed by atoms with Gasteiger partial charge in [-0.25, -0.2) is 0 Å². The zero-order valence-electron chi connectivity index (χ0n) is 24.2. The first-order valence-electron chi connectivity index (χ1n) is 14.9. The molecule has 2 atom stereocenters. The smallest absolute Gasteiger partial charge is 0.200 e. The molecule has 0 spiro atoms. The molecule has 0 radical (unpaired) electrons. The molecule has 0 bridgehead atoms. The van der Waals surface area contributed by atoms with Crippen molar-refractivity contribution < 1.29 is 34.7 Å². The number of aliphatic hydroxyl groups is 1. The third-order valence-electron chi connectivity index (χ3n) is 9.20. The Labute approximate surface area is 246 Å². The third kappa shape index (κ3) is 5.88. The number of Topliss-reactive ketones (excluding diaryl/α,β-unsaturated/α-hetero) is 1. The Kier molecular flexibility index (Phi) is 8.87. The summed E-state index contributed by atoms with van der Waals surface area (Å²) in [4.78, 5) is 14.2. The van der Waals surface area contributed by atoms with Gasteiger partial charge in [0.05, 0.1) is 31.6 Å². The molecular formula is C33H42N2O7. The van der Waals surface area contributed by atoms with Gasteiger partial charge in [-0.1, -0.05) is 25.0 Å². The van der Waals surface area contributed by atoms with E-state index in [-0.39, 0.29) is 35.2 Å². The topological polar surface area (TPSA) is 154 Å². The fraction of sp³-hybridized carbons (Fsp3) is 0.485. The highest BCUT2D eigenvalue weighted by Gasteiger charge is 2.49. The van der Waals surface area contributed by atoms with Crippen molar-refractivity contribution in [2.24, 2.45) is 17.1 Å². The number of phenols is 3. The first-order valence-corrected chi connectivity index (χ1v) is 14.9. The molecule has 1 fully saturated rings. The number of carbonyl (C=O) groups excluding carboxylic acids is 1. The molecule has 0 unspecified atom stereocenters. The Morgan fingerprint density at radius 1 is 1.12 bits per heavy atom. The van der Waals surface area contributed by atoms with Gasteiger partial charge in [0.25, 0.3) is 0 Å². The normalized spacial score (nSPS) is 19.0. The van der Waals surface area contributed by atoms with Crippen molar-refractivity contribution in [3.05, 3.63) is 64.5 Å². The zero-order valence-corrected chi connectivity index (χ0v) is 24.2. The van der Waals surface area contributed by atoms with Crippen LogP contribution in [0.25, 0.3) is 0 Å². The standard InChI is InChI=1S/C33H42N2O7/c1-41-28-18-20(17-27(39)31(28)40)6-9-24(36)30(33(13-2-3-14-33)22-12-15-35-29(34)19-22)25(37)10-7-21-8-11-26(38)32-23(21)5-4-16-42-32/h8,11-12,17-19,25,30,35,37-40H,2-7,9-10,13-16,34H2,1H3/t25-,30-/m1/s1. The van der Waals surface area contributed by atoms with E-state index in [1.165, 1.54) is 13.2 Å². The maximum atomic E-state index is 14.2. The number of hydrogen-bond acceptors (Lipinski definition) is 9. The van der Waals surface area contributed by atoms with Crippen molar-refractivity contribution >= 4 is 5.78 Å². The van der Waals surface area contributed by atoms with Gasteiger partial charge >= 0.3 is 0 Å². The van der Waals surface area contributed by atoms with Gasteiger partial charge in [-0.3, -0.25) is 4.79 Å². The van der Waals surface area contributed by atoms with Crippen LogP contribution < -0.4 is 20.5 Å². The largest absolute Gasteiger partial charge is 0.504 e. The second-order valence-corrected chi connectivity index (χ2v) is 11.7. The predicted octanol–water partition coefficient (Wildman–Crippen LogP) is 4.14. The monoisotopic (exact) mass is 578 g/mol. The van der Waals surface area contributed by atoms with Crippen LogP contribution in [0.3, 0.4) is 0 Å². The molecule has 2 aliphatic heterocycles. The van der Waals surface area contributed by atoms with Crippen LogP contribution in [0.15, 0.2) is 47.8 Å². The summed E-state index contributed by atoms with van der Waals surface area (Å²) < 4.78 is 10.9. The van der Waals surface area contributed by atoms with Crippen LogP contribution in [0, 0.1) is 11.3 Å². The number of phenolic OH excluding ortho intramolecular Hbond substituents is 3. The van der Waals surface area contributed by atoms with Crippen LogP contribution in [0.4, 0.5) is 0 Å². The minimum atomic E-state index is -0.905. The average Bonchev–Trinajstić information content (AvgIpc) is 3.48. The maximum Gasteiger partial charge on any atom is 0.200 e. The molecule has 226 valence electrons. The quantitative estimate of drug-likeness (QED) is 0.216. The Bertz CT molecular complexity index is 1380. The summed E-state index contributed by atoms with van der Waals surface area (Å²) in [6.07, 6.45) is 9.66. The molecule has 2 aromatic carbocycles. The van der Waals surface area contributed by atoms with E-state index in [0.717, 1.165) is 55.2 Å². The summed E-state index contributed by atoms with van der Waals surface area (Å²) in [5.74, 6) is 0.0258. The minimum Gasteiger partial charge on any atom is -0.504 e. The molecule has 2 aromatic rings. The Balaban J connectivity index is 1.43. The number of fused-ring (bicyclic) bond motifs is 1. The second-order valence-electron chi connectivity index (χ2n) is 11.7. The number of rotatable bonds is 11. The van der Waals surface area contributed by atoms with Crippen LogP contribution in [-0.4, -0.2) is 52.6 Å². The summed E-state index contributed by atoms with van der Waals surface area (Å²) in [6.45, 7) is 1.14. The molecule has 0 aromatic heterocycles. The molecule has 9 nitrogen and oxygen atoms in total. The summed E-state index contributed by atoms with van der Waals surface area (Å²) in [6, 6.07) is 6.59. The predicted molar refractivity (Wildman–Crippen MR) is 159 cm³/mol. The molecule has 7 N–H and O–H groups in total. The highest BCUT2D eigenvalue weighted by atomic mass is 16.5. The lowest BCUT2D eigenvalue weighted by molar-refractivity contribution is -0.131. The van der Waals surface area contributed by atoms with Crippen molar-refractivity contribution in [3.63, 3.8) is 0 Å². The van der Waals surface area contributed by atoms with Gasteiger partial charge in [-0.2, -0.15) is 0 Å².